The minimum absolute atomic E-state index is 0.0607. The van der Waals surface area contributed by atoms with Crippen molar-refractivity contribution < 1.29 is 19.1 Å². The molecule has 0 spiro atoms. The van der Waals surface area contributed by atoms with Crippen molar-refractivity contribution >= 4 is 29.7 Å². The fraction of sp³-hybridized carbons (Fsp3) is 0.607. The Hall–Kier alpha value is -2.66. The van der Waals surface area contributed by atoms with Crippen molar-refractivity contribution in [1.82, 2.24) is 15.5 Å². The fourth-order valence-corrected chi connectivity index (χ4v) is 4.73. The number of hydrogen-bond donors (Lipinski definition) is 2. The number of carbonyl (C=O) groups excluding carboxylic acids is 3. The highest BCUT2D eigenvalue weighted by Crippen LogP contribution is 2.25. The molecule has 0 bridgehead atoms. The van der Waals surface area contributed by atoms with Crippen molar-refractivity contribution in [2.75, 3.05) is 12.0 Å². The Morgan fingerprint density at radius 3 is 2.33 bits per heavy atom. The van der Waals surface area contributed by atoms with Gasteiger partial charge < -0.3 is 15.4 Å². The monoisotopic (exact) mass is 515 g/mol. The number of rotatable bonds is 10. The fourth-order valence-electron chi connectivity index (χ4n) is 4.26. The van der Waals surface area contributed by atoms with Crippen LogP contribution in [0.3, 0.4) is 0 Å². The lowest BCUT2D eigenvalue weighted by atomic mass is 9.94. The van der Waals surface area contributed by atoms with Gasteiger partial charge in [0.2, 0.25) is 5.91 Å². The molecule has 0 heterocycles. The van der Waals surface area contributed by atoms with E-state index in [1.807, 2.05) is 30.5 Å². The Balaban J connectivity index is 2.36. The first-order valence-corrected chi connectivity index (χ1v) is 14.2. The number of alkyl carbamates (subject to hydrolysis) is 1. The molecule has 2 unspecified atom stereocenters. The molecule has 1 aromatic rings. The zero-order valence-electron chi connectivity index (χ0n) is 22.3. The smallest absolute Gasteiger partial charge is 0.408 e. The summed E-state index contributed by atoms with van der Waals surface area (Å²) in [6, 6.07) is 8.16. The topological polar surface area (TPSA) is 87.7 Å². The first-order chi connectivity index (χ1) is 17.1. The van der Waals surface area contributed by atoms with Crippen molar-refractivity contribution in [2.45, 2.75) is 96.4 Å². The molecule has 2 rings (SSSR count). The number of thioether (sulfide) groups is 1. The number of benzene rings is 1. The number of terminal acetylenes is 1. The molecular weight excluding hydrogens is 474 g/mol. The average Bonchev–Trinajstić information content (AvgIpc) is 2.84. The molecule has 0 aliphatic heterocycles. The van der Waals surface area contributed by atoms with Gasteiger partial charge in [0.15, 0.2) is 0 Å². The van der Waals surface area contributed by atoms with Crippen molar-refractivity contribution in [1.29, 1.82) is 0 Å². The minimum Gasteiger partial charge on any atom is -0.444 e. The van der Waals surface area contributed by atoms with Crippen LogP contribution in [0.25, 0.3) is 0 Å². The van der Waals surface area contributed by atoms with E-state index in [1.54, 1.807) is 32.5 Å². The van der Waals surface area contributed by atoms with Gasteiger partial charge in [-0.25, -0.2) is 4.79 Å². The van der Waals surface area contributed by atoms with E-state index in [4.69, 9.17) is 11.2 Å². The largest absolute Gasteiger partial charge is 0.444 e. The highest BCUT2D eigenvalue weighted by atomic mass is 32.2. The Kier molecular flexibility index (Phi) is 11.6. The number of ether oxygens (including phenoxy) is 1. The summed E-state index contributed by atoms with van der Waals surface area (Å²) < 4.78 is 5.37. The van der Waals surface area contributed by atoms with Crippen LogP contribution < -0.4 is 10.6 Å². The summed E-state index contributed by atoms with van der Waals surface area (Å²) in [7, 11) is 0. The van der Waals surface area contributed by atoms with Crippen LogP contribution in [0.15, 0.2) is 24.3 Å². The van der Waals surface area contributed by atoms with Crippen LogP contribution >= 0.6 is 11.8 Å². The second-order valence-corrected chi connectivity index (χ2v) is 11.1. The van der Waals surface area contributed by atoms with Gasteiger partial charge in [-0.3, -0.25) is 14.5 Å². The number of nitrogens with zero attached hydrogens (tertiary/aromatic N) is 1. The van der Waals surface area contributed by atoms with Crippen LogP contribution in [0.5, 0.6) is 0 Å². The maximum absolute atomic E-state index is 13.7. The molecule has 8 heteroatoms. The van der Waals surface area contributed by atoms with Crippen LogP contribution in [-0.4, -0.2) is 52.5 Å². The van der Waals surface area contributed by atoms with E-state index in [-0.39, 0.29) is 11.9 Å². The van der Waals surface area contributed by atoms with Gasteiger partial charge in [-0.15, -0.1) is 0 Å². The summed E-state index contributed by atoms with van der Waals surface area (Å²) in [5, 5.41) is 5.80. The Bertz CT molecular complexity index is 914. The zero-order valence-corrected chi connectivity index (χ0v) is 23.1. The van der Waals surface area contributed by atoms with Gasteiger partial charge in [0, 0.05) is 12.1 Å². The maximum Gasteiger partial charge on any atom is 0.408 e. The maximum atomic E-state index is 13.7. The third-order valence-electron chi connectivity index (χ3n) is 6.14. The van der Waals surface area contributed by atoms with Crippen molar-refractivity contribution in [3.8, 4) is 12.5 Å². The number of carbonyl (C=O) groups is 3. The van der Waals surface area contributed by atoms with Crippen LogP contribution in [0.1, 0.15) is 83.4 Å². The normalized spacial score (nSPS) is 15.8. The van der Waals surface area contributed by atoms with Crippen molar-refractivity contribution in [3.05, 3.63) is 35.4 Å². The van der Waals surface area contributed by atoms with Gasteiger partial charge in [0.1, 0.15) is 17.7 Å². The third-order valence-corrected chi connectivity index (χ3v) is 6.78. The molecule has 1 aromatic carbocycles. The molecule has 2 atom stereocenters. The molecule has 3 amide bonds. The molecule has 1 saturated carbocycles. The predicted molar refractivity (Wildman–Crippen MR) is 145 cm³/mol. The highest BCUT2D eigenvalue weighted by molar-refractivity contribution is 7.98. The molecule has 0 saturated heterocycles. The van der Waals surface area contributed by atoms with Gasteiger partial charge in [-0.2, -0.15) is 11.8 Å². The molecule has 0 radical (unpaired) electrons. The minimum atomic E-state index is -1.01. The van der Waals surface area contributed by atoms with Gasteiger partial charge in [0.25, 0.3) is 5.91 Å². The second-order valence-electron chi connectivity index (χ2n) is 10.2. The lowest BCUT2D eigenvalue weighted by Gasteiger charge is -2.32. The van der Waals surface area contributed by atoms with E-state index in [0.29, 0.717) is 17.7 Å². The number of aryl methyl sites for hydroxylation is 1. The zero-order chi connectivity index (χ0) is 26.7. The first kappa shape index (κ1) is 29.6. The molecule has 198 valence electrons. The van der Waals surface area contributed by atoms with Crippen LogP contribution in [-0.2, 0) is 20.7 Å². The van der Waals surface area contributed by atoms with E-state index >= 15 is 0 Å². The van der Waals surface area contributed by atoms with Gasteiger partial charge in [-0.05, 0) is 69.6 Å². The molecule has 0 aromatic heterocycles. The van der Waals surface area contributed by atoms with E-state index in [1.165, 1.54) is 0 Å². The summed E-state index contributed by atoms with van der Waals surface area (Å²) >= 11 is 1.55. The Morgan fingerprint density at radius 1 is 1.17 bits per heavy atom. The third kappa shape index (κ3) is 9.09. The average molecular weight is 516 g/mol. The van der Waals surface area contributed by atoms with Crippen LogP contribution in [0, 0.1) is 12.5 Å². The van der Waals surface area contributed by atoms with E-state index in [0.717, 1.165) is 49.0 Å². The summed E-state index contributed by atoms with van der Waals surface area (Å²) in [6.45, 7) is 7.32. The van der Waals surface area contributed by atoms with Crippen molar-refractivity contribution in [3.63, 3.8) is 0 Å². The number of nitrogens with one attached hydrogen (secondary N) is 2. The van der Waals surface area contributed by atoms with Gasteiger partial charge >= 0.3 is 6.09 Å². The van der Waals surface area contributed by atoms with Crippen LogP contribution in [0.2, 0.25) is 0 Å². The summed E-state index contributed by atoms with van der Waals surface area (Å²) in [6.07, 6.45) is 13.4. The number of amides is 3. The summed E-state index contributed by atoms with van der Waals surface area (Å²) in [5.41, 5.74) is 1.03. The molecule has 7 nitrogen and oxygen atoms in total. The van der Waals surface area contributed by atoms with Gasteiger partial charge in [0.05, 0.1) is 0 Å². The summed E-state index contributed by atoms with van der Waals surface area (Å²) in [5.74, 6) is -0.200. The quantitative estimate of drug-likeness (QED) is 0.345. The second kappa shape index (κ2) is 14.2. The van der Waals surface area contributed by atoms with E-state index in [2.05, 4.69) is 23.6 Å². The number of hydrogen-bond acceptors (Lipinski definition) is 5. The summed E-state index contributed by atoms with van der Waals surface area (Å²) in [4.78, 5) is 41.0. The van der Waals surface area contributed by atoms with E-state index in [9.17, 15) is 14.4 Å². The van der Waals surface area contributed by atoms with Gasteiger partial charge in [-0.1, -0.05) is 56.9 Å². The molecular formula is C28H41N3O4S. The SMILES string of the molecule is C#CN(C(=O)C(CCSC)NC(=O)OC(C)(C)C)C(C(=O)NC1CCCCC1)c1ccc(CC)cc1. The molecule has 1 aliphatic rings. The first-order valence-electron chi connectivity index (χ1n) is 12.8. The molecule has 36 heavy (non-hydrogen) atoms. The van der Waals surface area contributed by atoms with E-state index < -0.39 is 29.7 Å². The Morgan fingerprint density at radius 2 is 1.81 bits per heavy atom. The predicted octanol–water partition coefficient (Wildman–Crippen LogP) is 4.80. The molecule has 1 aliphatic carbocycles. The van der Waals surface area contributed by atoms with Crippen LogP contribution in [0.4, 0.5) is 4.79 Å². The molecule has 1 fully saturated rings. The lowest BCUT2D eigenvalue weighted by molar-refractivity contribution is -0.139. The standard InChI is InChI=1S/C28H41N3O4S/c1-7-20-14-16-21(17-15-20)24(25(32)29-22-12-10-9-11-13-22)31(8-2)26(33)23(18-19-36-6)30-27(34)35-28(3,4)5/h2,14-17,22-24H,7,9-13,18-19H2,1,3-6H3,(H,29,32)(H,30,34). The molecule has 2 N–H and O–H groups in total. The Labute approximate surface area is 220 Å². The highest BCUT2D eigenvalue weighted by Gasteiger charge is 2.36. The lowest BCUT2D eigenvalue weighted by Crippen LogP contribution is -2.52. The van der Waals surface area contributed by atoms with Crippen molar-refractivity contribution in [2.24, 2.45) is 0 Å².